The number of aliphatic hydroxyl groups excluding tert-OH is 1. The third-order valence-electron chi connectivity index (χ3n) is 4.83. The van der Waals surface area contributed by atoms with Gasteiger partial charge in [0.25, 0.3) is 0 Å². The molecule has 98 valence electrons. The first-order chi connectivity index (χ1) is 8.33. The highest BCUT2D eigenvalue weighted by Gasteiger charge is 2.32. The summed E-state index contributed by atoms with van der Waals surface area (Å²) in [6, 6.07) is 0.928. The minimum Gasteiger partial charge on any atom is -0.393 e. The van der Waals surface area contributed by atoms with Crippen LogP contribution < -0.4 is 0 Å². The van der Waals surface area contributed by atoms with E-state index in [1.807, 2.05) is 0 Å². The van der Waals surface area contributed by atoms with Crippen molar-refractivity contribution in [3.63, 3.8) is 0 Å². The maximum atomic E-state index is 10.0. The predicted octanol–water partition coefficient (Wildman–Crippen LogP) is 1.32. The summed E-state index contributed by atoms with van der Waals surface area (Å²) >= 11 is 0. The molecule has 3 nitrogen and oxygen atoms in total. The Kier molecular flexibility index (Phi) is 3.69. The summed E-state index contributed by atoms with van der Waals surface area (Å²) in [6.45, 7) is 6.10. The highest BCUT2D eigenvalue weighted by atomic mass is 16.3. The van der Waals surface area contributed by atoms with E-state index < -0.39 is 0 Å². The first-order valence-electron chi connectivity index (χ1n) is 7.47. The molecule has 0 aromatic carbocycles. The summed E-state index contributed by atoms with van der Waals surface area (Å²) in [5.74, 6) is 0.552. The first kappa shape index (κ1) is 11.9. The van der Waals surface area contributed by atoms with Crippen LogP contribution in [0.15, 0.2) is 0 Å². The molecular formula is C14H26N2O. The van der Waals surface area contributed by atoms with Crippen LogP contribution in [0.1, 0.15) is 38.5 Å². The zero-order chi connectivity index (χ0) is 11.7. The van der Waals surface area contributed by atoms with Crippen LogP contribution in [-0.2, 0) is 0 Å². The van der Waals surface area contributed by atoms with E-state index >= 15 is 0 Å². The summed E-state index contributed by atoms with van der Waals surface area (Å²) in [6.07, 6.45) is 7.67. The second kappa shape index (κ2) is 5.25. The molecule has 1 aliphatic heterocycles. The molecule has 2 saturated carbocycles. The van der Waals surface area contributed by atoms with Crippen molar-refractivity contribution in [3.8, 4) is 0 Å². The van der Waals surface area contributed by atoms with Crippen LogP contribution in [-0.4, -0.2) is 59.8 Å². The molecule has 3 aliphatic rings. The monoisotopic (exact) mass is 238 g/mol. The lowest BCUT2D eigenvalue weighted by Gasteiger charge is -2.38. The molecule has 2 aliphatic carbocycles. The first-order valence-corrected chi connectivity index (χ1v) is 7.47. The van der Waals surface area contributed by atoms with Crippen molar-refractivity contribution in [1.82, 2.24) is 9.80 Å². The minimum atomic E-state index is -0.0230. The zero-order valence-electron chi connectivity index (χ0n) is 10.9. The fourth-order valence-corrected chi connectivity index (χ4v) is 3.48. The Morgan fingerprint density at radius 1 is 0.882 bits per heavy atom. The van der Waals surface area contributed by atoms with Crippen molar-refractivity contribution >= 4 is 0 Å². The topological polar surface area (TPSA) is 26.7 Å². The predicted molar refractivity (Wildman–Crippen MR) is 69.0 cm³/mol. The van der Waals surface area contributed by atoms with Crippen LogP contribution in [0.2, 0.25) is 0 Å². The van der Waals surface area contributed by atoms with Gasteiger partial charge in [0.2, 0.25) is 0 Å². The molecule has 2 unspecified atom stereocenters. The Hall–Kier alpha value is -0.120. The van der Waals surface area contributed by atoms with Gasteiger partial charge in [0.1, 0.15) is 0 Å². The number of aliphatic hydroxyl groups is 1. The summed E-state index contributed by atoms with van der Waals surface area (Å²) < 4.78 is 0. The Balaban J connectivity index is 1.43. The summed E-state index contributed by atoms with van der Waals surface area (Å²) in [5, 5.41) is 10.0. The van der Waals surface area contributed by atoms with Gasteiger partial charge in [-0.1, -0.05) is 12.8 Å². The molecule has 1 heterocycles. The van der Waals surface area contributed by atoms with Crippen molar-refractivity contribution in [2.45, 2.75) is 50.7 Å². The number of hydrogen-bond donors (Lipinski definition) is 1. The molecule has 1 saturated heterocycles. The van der Waals surface area contributed by atoms with E-state index in [1.165, 1.54) is 58.3 Å². The Bertz CT molecular complexity index is 247. The second-order valence-corrected chi connectivity index (χ2v) is 6.18. The van der Waals surface area contributed by atoms with Crippen LogP contribution in [0.4, 0.5) is 0 Å². The molecule has 0 aromatic rings. The summed E-state index contributed by atoms with van der Waals surface area (Å²) in [7, 11) is 0. The number of piperazine rings is 1. The number of nitrogens with zero attached hydrogens (tertiary/aromatic N) is 2. The molecule has 3 fully saturated rings. The molecule has 3 rings (SSSR count). The van der Waals surface area contributed by atoms with Crippen molar-refractivity contribution in [2.75, 3.05) is 32.7 Å². The van der Waals surface area contributed by atoms with E-state index in [9.17, 15) is 5.11 Å². The SMILES string of the molecule is OC1CCCCC1CN1CCN(C2CC2)CC1. The summed E-state index contributed by atoms with van der Waals surface area (Å²) in [4.78, 5) is 5.24. The lowest BCUT2D eigenvalue weighted by Crippen LogP contribution is -2.49. The molecule has 1 N–H and O–H groups in total. The Labute approximate surface area is 105 Å². The van der Waals surface area contributed by atoms with Gasteiger partial charge in [-0.05, 0) is 31.6 Å². The van der Waals surface area contributed by atoms with Crippen molar-refractivity contribution in [1.29, 1.82) is 0 Å². The Morgan fingerprint density at radius 3 is 2.24 bits per heavy atom. The van der Waals surface area contributed by atoms with E-state index in [-0.39, 0.29) is 6.10 Å². The third kappa shape index (κ3) is 3.01. The van der Waals surface area contributed by atoms with Gasteiger partial charge in [-0.25, -0.2) is 0 Å². The van der Waals surface area contributed by atoms with Gasteiger partial charge in [0.15, 0.2) is 0 Å². The van der Waals surface area contributed by atoms with E-state index in [0.29, 0.717) is 5.92 Å². The maximum Gasteiger partial charge on any atom is 0.0580 e. The van der Waals surface area contributed by atoms with Gasteiger partial charge in [-0.15, -0.1) is 0 Å². The molecule has 0 spiro atoms. The zero-order valence-corrected chi connectivity index (χ0v) is 10.9. The van der Waals surface area contributed by atoms with Gasteiger partial charge in [0.05, 0.1) is 6.10 Å². The van der Waals surface area contributed by atoms with Crippen molar-refractivity contribution in [2.24, 2.45) is 5.92 Å². The largest absolute Gasteiger partial charge is 0.393 e. The molecule has 2 atom stereocenters. The van der Waals surface area contributed by atoms with Crippen LogP contribution >= 0.6 is 0 Å². The lowest BCUT2D eigenvalue weighted by atomic mass is 9.86. The van der Waals surface area contributed by atoms with Gasteiger partial charge in [0, 0.05) is 38.8 Å². The highest BCUT2D eigenvalue weighted by Crippen LogP contribution is 2.29. The minimum absolute atomic E-state index is 0.0230. The van der Waals surface area contributed by atoms with Crippen LogP contribution in [0.5, 0.6) is 0 Å². The van der Waals surface area contributed by atoms with Crippen LogP contribution in [0, 0.1) is 5.92 Å². The summed E-state index contributed by atoms with van der Waals surface area (Å²) in [5.41, 5.74) is 0. The van der Waals surface area contributed by atoms with E-state index in [2.05, 4.69) is 9.80 Å². The average molecular weight is 238 g/mol. The maximum absolute atomic E-state index is 10.0. The number of hydrogen-bond acceptors (Lipinski definition) is 3. The number of rotatable bonds is 3. The standard InChI is InChI=1S/C14H26N2O/c17-14-4-2-1-3-12(14)11-15-7-9-16(10-8-15)13-5-6-13/h12-14,17H,1-11H2. The fraction of sp³-hybridized carbons (Fsp3) is 1.00. The molecule has 3 heteroatoms. The van der Waals surface area contributed by atoms with E-state index in [4.69, 9.17) is 0 Å². The normalized spacial score (nSPS) is 37.2. The smallest absolute Gasteiger partial charge is 0.0580 e. The van der Waals surface area contributed by atoms with Crippen molar-refractivity contribution in [3.05, 3.63) is 0 Å². The molecular weight excluding hydrogens is 212 g/mol. The van der Waals surface area contributed by atoms with Gasteiger partial charge in [-0.3, -0.25) is 4.90 Å². The van der Waals surface area contributed by atoms with Crippen LogP contribution in [0.25, 0.3) is 0 Å². The highest BCUT2D eigenvalue weighted by molar-refractivity contribution is 4.88. The van der Waals surface area contributed by atoms with Crippen LogP contribution in [0.3, 0.4) is 0 Å². The van der Waals surface area contributed by atoms with Gasteiger partial charge >= 0.3 is 0 Å². The lowest BCUT2D eigenvalue weighted by molar-refractivity contribution is 0.0318. The second-order valence-electron chi connectivity index (χ2n) is 6.18. The molecule has 0 aromatic heterocycles. The third-order valence-corrected chi connectivity index (χ3v) is 4.83. The fourth-order valence-electron chi connectivity index (χ4n) is 3.48. The molecule has 0 radical (unpaired) electrons. The average Bonchev–Trinajstić information content (AvgIpc) is 3.17. The quantitative estimate of drug-likeness (QED) is 0.803. The van der Waals surface area contributed by atoms with Crippen molar-refractivity contribution < 1.29 is 5.11 Å². The Morgan fingerprint density at radius 2 is 1.59 bits per heavy atom. The van der Waals surface area contributed by atoms with Gasteiger partial charge in [-0.2, -0.15) is 0 Å². The molecule has 0 amide bonds. The van der Waals surface area contributed by atoms with Gasteiger partial charge < -0.3 is 10.0 Å². The molecule has 17 heavy (non-hydrogen) atoms. The molecule has 0 bridgehead atoms. The van der Waals surface area contributed by atoms with E-state index in [1.54, 1.807) is 0 Å². The van der Waals surface area contributed by atoms with E-state index in [0.717, 1.165) is 19.0 Å².